The average molecular weight is 168 g/mol. The van der Waals surface area contributed by atoms with E-state index in [0.29, 0.717) is 0 Å². The Labute approximate surface area is 77.7 Å². The maximum Gasteiger partial charge on any atom is -0.0388 e. The third kappa shape index (κ3) is 3.16. The summed E-state index contributed by atoms with van der Waals surface area (Å²) in [6, 6.07) is 0. The van der Waals surface area contributed by atoms with Crippen LogP contribution < -0.4 is 0 Å². The van der Waals surface area contributed by atoms with E-state index >= 15 is 0 Å². The summed E-state index contributed by atoms with van der Waals surface area (Å²) in [5, 5.41) is 0. The van der Waals surface area contributed by atoms with Crippen molar-refractivity contribution in [2.75, 3.05) is 0 Å². The van der Waals surface area contributed by atoms with Crippen molar-refractivity contribution in [3.8, 4) is 0 Å². The largest absolute Gasteiger partial charge is 0.0654 e. The van der Waals surface area contributed by atoms with E-state index in [0.717, 1.165) is 11.8 Å². The van der Waals surface area contributed by atoms with Crippen LogP contribution in [0, 0.1) is 11.8 Å². The summed E-state index contributed by atoms with van der Waals surface area (Å²) in [7, 11) is 0. The van der Waals surface area contributed by atoms with Gasteiger partial charge in [0.1, 0.15) is 0 Å². The molecule has 0 aromatic carbocycles. The first-order valence-electron chi connectivity index (χ1n) is 5.84. The summed E-state index contributed by atoms with van der Waals surface area (Å²) in [5.74, 6) is 2.08. The van der Waals surface area contributed by atoms with Crippen LogP contribution in [0.25, 0.3) is 0 Å². The molecule has 72 valence electrons. The normalized spacial score (nSPS) is 22.5. The standard InChI is InChI=1S/C12H24/c1-3-4-8-11(2)12-9-6-5-7-10-12/h11-12H,3-10H2,1-2H3. The Bertz CT molecular complexity index is 101. The van der Waals surface area contributed by atoms with Gasteiger partial charge in [-0.05, 0) is 11.8 Å². The molecule has 0 radical (unpaired) electrons. The van der Waals surface area contributed by atoms with E-state index < -0.39 is 0 Å². The van der Waals surface area contributed by atoms with Gasteiger partial charge in [-0.25, -0.2) is 0 Å². The van der Waals surface area contributed by atoms with Crippen LogP contribution in [-0.4, -0.2) is 0 Å². The highest BCUT2D eigenvalue weighted by atomic mass is 14.2. The van der Waals surface area contributed by atoms with E-state index in [2.05, 4.69) is 13.8 Å². The van der Waals surface area contributed by atoms with Gasteiger partial charge in [-0.3, -0.25) is 0 Å². The van der Waals surface area contributed by atoms with Crippen molar-refractivity contribution in [3.63, 3.8) is 0 Å². The second-order valence-corrected chi connectivity index (χ2v) is 4.52. The molecule has 0 heteroatoms. The van der Waals surface area contributed by atoms with Crippen molar-refractivity contribution in [1.82, 2.24) is 0 Å². The van der Waals surface area contributed by atoms with Crippen molar-refractivity contribution in [2.24, 2.45) is 11.8 Å². The summed E-state index contributed by atoms with van der Waals surface area (Å²) in [6.45, 7) is 4.76. The lowest BCUT2D eigenvalue weighted by Gasteiger charge is -2.27. The Morgan fingerprint density at radius 1 is 1.17 bits per heavy atom. The molecule has 0 spiro atoms. The Hall–Kier alpha value is 0. The second-order valence-electron chi connectivity index (χ2n) is 4.52. The van der Waals surface area contributed by atoms with Crippen LogP contribution in [0.15, 0.2) is 0 Å². The molecule has 0 saturated heterocycles. The molecule has 0 amide bonds. The van der Waals surface area contributed by atoms with Gasteiger partial charge in [0.15, 0.2) is 0 Å². The third-order valence-electron chi connectivity index (χ3n) is 3.47. The lowest BCUT2D eigenvalue weighted by molar-refractivity contribution is 0.248. The molecule has 0 N–H and O–H groups in total. The first-order chi connectivity index (χ1) is 5.84. The van der Waals surface area contributed by atoms with Crippen LogP contribution in [0.2, 0.25) is 0 Å². The van der Waals surface area contributed by atoms with E-state index in [1.54, 1.807) is 0 Å². The van der Waals surface area contributed by atoms with Crippen LogP contribution in [-0.2, 0) is 0 Å². The minimum Gasteiger partial charge on any atom is -0.0654 e. The van der Waals surface area contributed by atoms with Crippen LogP contribution >= 0.6 is 0 Å². The van der Waals surface area contributed by atoms with E-state index in [4.69, 9.17) is 0 Å². The molecule has 1 unspecified atom stereocenters. The number of hydrogen-bond acceptors (Lipinski definition) is 0. The highest BCUT2D eigenvalue weighted by Crippen LogP contribution is 2.32. The third-order valence-corrected chi connectivity index (χ3v) is 3.47. The number of hydrogen-bond donors (Lipinski definition) is 0. The van der Waals surface area contributed by atoms with Crippen LogP contribution in [0.5, 0.6) is 0 Å². The Morgan fingerprint density at radius 3 is 2.42 bits per heavy atom. The monoisotopic (exact) mass is 168 g/mol. The molecule has 0 bridgehead atoms. The predicted octanol–water partition coefficient (Wildman–Crippen LogP) is 4.39. The van der Waals surface area contributed by atoms with Crippen molar-refractivity contribution in [1.29, 1.82) is 0 Å². The van der Waals surface area contributed by atoms with Gasteiger partial charge in [-0.15, -0.1) is 0 Å². The van der Waals surface area contributed by atoms with Gasteiger partial charge in [0, 0.05) is 0 Å². The first kappa shape index (κ1) is 10.1. The van der Waals surface area contributed by atoms with E-state index in [9.17, 15) is 0 Å². The van der Waals surface area contributed by atoms with Crippen LogP contribution in [0.1, 0.15) is 65.2 Å². The summed E-state index contributed by atoms with van der Waals surface area (Å²) in [4.78, 5) is 0. The smallest absolute Gasteiger partial charge is 0.0388 e. The van der Waals surface area contributed by atoms with Gasteiger partial charge in [-0.2, -0.15) is 0 Å². The number of unbranched alkanes of at least 4 members (excludes halogenated alkanes) is 1. The highest BCUT2D eigenvalue weighted by molar-refractivity contribution is 4.70. The maximum atomic E-state index is 2.46. The summed E-state index contributed by atoms with van der Waals surface area (Å²) >= 11 is 0. The maximum absolute atomic E-state index is 2.46. The SMILES string of the molecule is CCCCC(C)C1CCCCC1. The molecule has 1 saturated carbocycles. The average Bonchev–Trinajstić information content (AvgIpc) is 2.15. The molecule has 0 aliphatic heterocycles. The highest BCUT2D eigenvalue weighted by Gasteiger charge is 2.18. The van der Waals surface area contributed by atoms with Crippen LogP contribution in [0.4, 0.5) is 0 Å². The van der Waals surface area contributed by atoms with Gasteiger partial charge in [0.25, 0.3) is 0 Å². The van der Waals surface area contributed by atoms with Gasteiger partial charge in [0.05, 0.1) is 0 Å². The lowest BCUT2D eigenvalue weighted by Crippen LogP contribution is -2.15. The quantitative estimate of drug-likeness (QED) is 0.584. The minimum absolute atomic E-state index is 1.00. The topological polar surface area (TPSA) is 0 Å². The first-order valence-corrected chi connectivity index (χ1v) is 5.84. The molecule has 1 atom stereocenters. The van der Waals surface area contributed by atoms with Crippen molar-refractivity contribution >= 4 is 0 Å². The Morgan fingerprint density at radius 2 is 1.83 bits per heavy atom. The number of rotatable bonds is 4. The Kier molecular flexibility index (Phi) is 4.72. The zero-order valence-corrected chi connectivity index (χ0v) is 8.81. The summed E-state index contributed by atoms with van der Waals surface area (Å²) in [6.07, 6.45) is 11.8. The predicted molar refractivity (Wildman–Crippen MR) is 55.3 cm³/mol. The summed E-state index contributed by atoms with van der Waals surface area (Å²) < 4.78 is 0. The lowest BCUT2D eigenvalue weighted by atomic mass is 9.79. The molecule has 1 aliphatic rings. The van der Waals surface area contributed by atoms with Crippen molar-refractivity contribution in [3.05, 3.63) is 0 Å². The second kappa shape index (κ2) is 5.61. The van der Waals surface area contributed by atoms with Gasteiger partial charge in [0.2, 0.25) is 0 Å². The Balaban J connectivity index is 2.15. The van der Waals surface area contributed by atoms with Crippen molar-refractivity contribution in [2.45, 2.75) is 65.2 Å². The fourth-order valence-electron chi connectivity index (χ4n) is 2.47. The molecule has 0 heterocycles. The molecular formula is C12H24. The van der Waals surface area contributed by atoms with E-state index in [1.165, 1.54) is 51.4 Å². The molecular weight excluding hydrogens is 144 g/mol. The van der Waals surface area contributed by atoms with Crippen LogP contribution in [0.3, 0.4) is 0 Å². The van der Waals surface area contributed by atoms with Gasteiger partial charge in [-0.1, -0.05) is 65.2 Å². The summed E-state index contributed by atoms with van der Waals surface area (Å²) in [5.41, 5.74) is 0. The fourth-order valence-corrected chi connectivity index (χ4v) is 2.47. The van der Waals surface area contributed by atoms with Crippen molar-refractivity contribution < 1.29 is 0 Å². The zero-order chi connectivity index (χ0) is 8.81. The zero-order valence-electron chi connectivity index (χ0n) is 8.81. The molecule has 0 aromatic heterocycles. The fraction of sp³-hybridized carbons (Fsp3) is 1.00. The van der Waals surface area contributed by atoms with Gasteiger partial charge >= 0.3 is 0 Å². The molecule has 0 nitrogen and oxygen atoms in total. The van der Waals surface area contributed by atoms with Gasteiger partial charge < -0.3 is 0 Å². The molecule has 1 fully saturated rings. The molecule has 1 rings (SSSR count). The molecule has 0 aromatic rings. The minimum atomic E-state index is 1.00. The molecule has 1 aliphatic carbocycles. The van der Waals surface area contributed by atoms with E-state index in [-0.39, 0.29) is 0 Å². The molecule has 12 heavy (non-hydrogen) atoms. The van der Waals surface area contributed by atoms with E-state index in [1.807, 2.05) is 0 Å².